The minimum absolute atomic E-state index is 0.0466. The highest BCUT2D eigenvalue weighted by Crippen LogP contribution is 2.31. The van der Waals surface area contributed by atoms with Crippen molar-refractivity contribution in [3.8, 4) is 0 Å². The highest BCUT2D eigenvalue weighted by molar-refractivity contribution is 5.96. The molecule has 1 aromatic carbocycles. The maximum absolute atomic E-state index is 13.0. The molecule has 2 aliphatic rings. The Bertz CT molecular complexity index is 557. The van der Waals surface area contributed by atoms with Crippen LogP contribution in [0.25, 0.3) is 0 Å². The fraction of sp³-hybridized carbons (Fsp3) is 0.611. The molecule has 2 fully saturated rings. The summed E-state index contributed by atoms with van der Waals surface area (Å²) in [7, 11) is 0. The average Bonchev–Trinajstić information content (AvgIpc) is 2.99. The lowest BCUT2D eigenvalue weighted by molar-refractivity contribution is -0.0589. The van der Waals surface area contributed by atoms with Gasteiger partial charge in [-0.25, -0.2) is 0 Å². The lowest BCUT2D eigenvalue weighted by Gasteiger charge is -2.37. The second kappa shape index (κ2) is 6.39. The number of rotatable bonds is 2. The number of carbonyl (C=O) groups excluding carboxylic acids is 1. The molecule has 0 spiro atoms. The zero-order valence-electron chi connectivity index (χ0n) is 13.4. The van der Waals surface area contributed by atoms with E-state index in [2.05, 4.69) is 0 Å². The molecule has 0 radical (unpaired) electrons. The van der Waals surface area contributed by atoms with Crippen LogP contribution in [-0.2, 0) is 4.74 Å². The molecule has 1 aromatic rings. The molecule has 0 aromatic heterocycles. The second-order valence-corrected chi connectivity index (χ2v) is 6.55. The van der Waals surface area contributed by atoms with Crippen LogP contribution in [0.3, 0.4) is 0 Å². The number of hydrogen-bond donors (Lipinski definition) is 1. The molecule has 3 atom stereocenters. The maximum Gasteiger partial charge on any atom is 0.254 e. The van der Waals surface area contributed by atoms with Crippen LogP contribution in [0.15, 0.2) is 18.2 Å². The molecule has 0 bridgehead atoms. The quantitative estimate of drug-likeness (QED) is 0.912. The van der Waals surface area contributed by atoms with E-state index in [0.29, 0.717) is 19.6 Å². The van der Waals surface area contributed by atoms with Crippen LogP contribution in [0.2, 0.25) is 0 Å². The normalized spacial score (nSPS) is 28.9. The Labute approximate surface area is 132 Å². The molecule has 22 heavy (non-hydrogen) atoms. The number of aliphatic hydroxyl groups excluding tert-OH is 1. The lowest BCUT2D eigenvalue weighted by Crippen LogP contribution is -2.48. The van der Waals surface area contributed by atoms with Gasteiger partial charge >= 0.3 is 0 Å². The predicted molar refractivity (Wildman–Crippen MR) is 84.9 cm³/mol. The zero-order valence-corrected chi connectivity index (χ0v) is 13.4. The Morgan fingerprint density at radius 2 is 2.14 bits per heavy atom. The van der Waals surface area contributed by atoms with Gasteiger partial charge in [-0.1, -0.05) is 12.1 Å². The number of likely N-dealkylation sites (tertiary alicyclic amines) is 1. The molecule has 120 valence electrons. The highest BCUT2D eigenvalue weighted by atomic mass is 16.5. The van der Waals surface area contributed by atoms with E-state index in [0.717, 1.165) is 36.1 Å². The summed E-state index contributed by atoms with van der Waals surface area (Å²) >= 11 is 0. The maximum atomic E-state index is 13.0. The fourth-order valence-corrected chi connectivity index (χ4v) is 3.74. The van der Waals surface area contributed by atoms with Crippen molar-refractivity contribution in [1.82, 2.24) is 4.90 Å². The van der Waals surface area contributed by atoms with E-state index in [4.69, 9.17) is 4.74 Å². The highest BCUT2D eigenvalue weighted by Gasteiger charge is 2.40. The second-order valence-electron chi connectivity index (χ2n) is 6.55. The lowest BCUT2D eigenvalue weighted by atomic mass is 9.89. The topological polar surface area (TPSA) is 49.8 Å². The summed E-state index contributed by atoms with van der Waals surface area (Å²) in [4.78, 5) is 14.9. The zero-order chi connectivity index (χ0) is 15.7. The Hall–Kier alpha value is -1.39. The molecule has 4 heteroatoms. The molecule has 2 aliphatic heterocycles. The number of hydrogen-bond acceptors (Lipinski definition) is 3. The van der Waals surface area contributed by atoms with Crippen LogP contribution in [-0.4, -0.2) is 47.8 Å². The monoisotopic (exact) mass is 303 g/mol. The largest absolute Gasteiger partial charge is 0.393 e. The van der Waals surface area contributed by atoms with Crippen LogP contribution >= 0.6 is 0 Å². The van der Waals surface area contributed by atoms with Crippen molar-refractivity contribution in [2.75, 3.05) is 19.8 Å². The fourth-order valence-electron chi connectivity index (χ4n) is 3.74. The van der Waals surface area contributed by atoms with Crippen LogP contribution in [0, 0.1) is 19.8 Å². The van der Waals surface area contributed by atoms with E-state index in [1.807, 2.05) is 36.9 Å². The van der Waals surface area contributed by atoms with Gasteiger partial charge in [0.1, 0.15) is 0 Å². The first-order valence-corrected chi connectivity index (χ1v) is 8.22. The molecular weight excluding hydrogens is 278 g/mol. The van der Waals surface area contributed by atoms with Gasteiger partial charge in [-0.15, -0.1) is 0 Å². The Morgan fingerprint density at radius 3 is 2.91 bits per heavy atom. The minimum atomic E-state index is -0.356. The molecule has 0 aliphatic carbocycles. The number of carbonyl (C=O) groups is 1. The summed E-state index contributed by atoms with van der Waals surface area (Å²) in [5, 5.41) is 10.3. The summed E-state index contributed by atoms with van der Waals surface area (Å²) in [6, 6.07) is 5.99. The third-order valence-electron chi connectivity index (χ3n) is 5.25. The van der Waals surface area contributed by atoms with Gasteiger partial charge in [0.05, 0.1) is 12.7 Å². The van der Waals surface area contributed by atoms with Crippen molar-refractivity contribution >= 4 is 5.91 Å². The Balaban J connectivity index is 1.83. The van der Waals surface area contributed by atoms with Gasteiger partial charge in [0, 0.05) is 30.7 Å². The molecule has 2 saturated heterocycles. The van der Waals surface area contributed by atoms with Gasteiger partial charge in [-0.05, 0) is 50.3 Å². The third-order valence-corrected chi connectivity index (χ3v) is 5.25. The van der Waals surface area contributed by atoms with Crippen LogP contribution in [0.5, 0.6) is 0 Å². The first kappa shape index (κ1) is 15.5. The minimum Gasteiger partial charge on any atom is -0.393 e. The van der Waals surface area contributed by atoms with Crippen molar-refractivity contribution in [2.45, 2.75) is 45.3 Å². The number of aliphatic hydroxyl groups is 1. The van der Waals surface area contributed by atoms with E-state index < -0.39 is 0 Å². The van der Waals surface area contributed by atoms with Crippen molar-refractivity contribution in [2.24, 2.45) is 5.92 Å². The summed E-state index contributed by atoms with van der Waals surface area (Å²) in [5.74, 6) is 0.145. The van der Waals surface area contributed by atoms with Gasteiger partial charge < -0.3 is 14.7 Å². The van der Waals surface area contributed by atoms with Crippen LogP contribution < -0.4 is 0 Å². The Kier molecular flexibility index (Phi) is 4.50. The van der Waals surface area contributed by atoms with E-state index >= 15 is 0 Å². The summed E-state index contributed by atoms with van der Waals surface area (Å²) in [6.45, 7) is 6.00. The molecule has 3 rings (SSSR count). The average molecular weight is 303 g/mol. The first-order chi connectivity index (χ1) is 10.6. The molecule has 0 saturated carbocycles. The van der Waals surface area contributed by atoms with E-state index in [9.17, 15) is 9.90 Å². The smallest absolute Gasteiger partial charge is 0.254 e. The van der Waals surface area contributed by atoms with E-state index in [1.54, 1.807) is 0 Å². The predicted octanol–water partition coefficient (Wildman–Crippen LogP) is 2.31. The first-order valence-electron chi connectivity index (χ1n) is 8.22. The van der Waals surface area contributed by atoms with Crippen LogP contribution in [0.1, 0.15) is 40.7 Å². The van der Waals surface area contributed by atoms with Gasteiger partial charge in [0.2, 0.25) is 0 Å². The summed E-state index contributed by atoms with van der Waals surface area (Å²) in [6.07, 6.45) is 2.28. The van der Waals surface area contributed by atoms with Crippen molar-refractivity contribution < 1.29 is 14.6 Å². The number of amides is 1. The molecule has 1 N–H and O–H groups in total. The number of benzene rings is 1. The molecular formula is C18H25NO3. The van der Waals surface area contributed by atoms with Gasteiger partial charge in [-0.2, -0.15) is 0 Å². The van der Waals surface area contributed by atoms with E-state index in [1.165, 1.54) is 0 Å². The number of ether oxygens (including phenoxy) is 1. The number of nitrogens with zero attached hydrogens (tertiary/aromatic N) is 1. The van der Waals surface area contributed by atoms with Crippen molar-refractivity contribution in [1.29, 1.82) is 0 Å². The van der Waals surface area contributed by atoms with Gasteiger partial charge in [0.25, 0.3) is 5.91 Å². The van der Waals surface area contributed by atoms with Crippen molar-refractivity contribution in [3.63, 3.8) is 0 Å². The standard InChI is InChI=1S/C18H25NO3/c1-12-5-3-6-14(13(12)2)18(21)19-9-4-7-16(19)15-11-22-10-8-17(15)20/h3,5-6,15-17,20H,4,7-11H2,1-2H3/t15-,16+,17-/m0/s1. The number of aryl methyl sites for hydroxylation is 1. The molecule has 2 heterocycles. The van der Waals surface area contributed by atoms with E-state index in [-0.39, 0.29) is 24.0 Å². The summed E-state index contributed by atoms with van der Waals surface area (Å²) in [5.41, 5.74) is 2.99. The van der Waals surface area contributed by atoms with Crippen molar-refractivity contribution in [3.05, 3.63) is 34.9 Å². The Morgan fingerprint density at radius 1 is 1.32 bits per heavy atom. The third kappa shape index (κ3) is 2.77. The van der Waals surface area contributed by atoms with Gasteiger partial charge in [-0.3, -0.25) is 4.79 Å². The summed E-state index contributed by atoms with van der Waals surface area (Å²) < 4.78 is 5.54. The van der Waals surface area contributed by atoms with Crippen LogP contribution in [0.4, 0.5) is 0 Å². The SMILES string of the molecule is Cc1cccc(C(=O)N2CCC[C@@H]2[C@@H]2COCC[C@@H]2O)c1C. The van der Waals surface area contributed by atoms with Gasteiger partial charge in [0.15, 0.2) is 0 Å². The molecule has 1 amide bonds. The molecule has 4 nitrogen and oxygen atoms in total. The molecule has 0 unspecified atom stereocenters.